The largest absolute Gasteiger partial charge is 0.506 e. The molecule has 3 N–H and O–H groups in total. The number of aromatic hydroxyl groups is 1. The van der Waals surface area contributed by atoms with E-state index < -0.39 is 0 Å². The molecule has 0 saturated heterocycles. The van der Waals surface area contributed by atoms with E-state index in [0.29, 0.717) is 17.7 Å². The third kappa shape index (κ3) is 6.58. The molecule has 0 aliphatic heterocycles. The number of nitrogens with one attached hydrogen (secondary N) is 2. The fourth-order valence-corrected chi connectivity index (χ4v) is 2.93. The highest BCUT2D eigenvalue weighted by atomic mass is 16.5. The molecule has 0 unspecified atom stereocenters. The van der Waals surface area contributed by atoms with Crippen LogP contribution in [0, 0.1) is 0 Å². The molecule has 2 aromatic carbocycles. The average molecular weight is 371 g/mol. The summed E-state index contributed by atoms with van der Waals surface area (Å²) in [5, 5.41) is 16.3. The van der Waals surface area contributed by atoms with Crippen LogP contribution in [-0.2, 0) is 17.8 Å². The van der Waals surface area contributed by atoms with Gasteiger partial charge in [-0.2, -0.15) is 0 Å². The highest BCUT2D eigenvalue weighted by Crippen LogP contribution is 2.36. The first-order valence-electron chi connectivity index (χ1n) is 9.18. The molecule has 2 aromatic rings. The number of likely N-dealkylation sites (N-methyl/N-ethyl adjacent to an activating group) is 1. The molecule has 6 nitrogen and oxygen atoms in total. The Balaban J connectivity index is 1.80. The quantitative estimate of drug-likeness (QED) is 0.302. The second-order valence-electron chi connectivity index (χ2n) is 6.40. The predicted molar refractivity (Wildman–Crippen MR) is 109 cm³/mol. The van der Waals surface area contributed by atoms with Crippen molar-refractivity contribution in [1.29, 1.82) is 0 Å². The van der Waals surface area contributed by atoms with Crippen LogP contribution in [0.5, 0.6) is 11.5 Å². The van der Waals surface area contributed by atoms with Crippen molar-refractivity contribution in [2.45, 2.75) is 13.0 Å². The summed E-state index contributed by atoms with van der Waals surface area (Å²) in [6, 6.07) is 13.9. The van der Waals surface area contributed by atoms with Gasteiger partial charge in [0.2, 0.25) is 0 Å². The highest BCUT2D eigenvalue weighted by molar-refractivity contribution is 5.69. The number of hydrogen-bond donors (Lipinski definition) is 3. The van der Waals surface area contributed by atoms with Gasteiger partial charge < -0.3 is 25.4 Å². The van der Waals surface area contributed by atoms with E-state index in [1.165, 1.54) is 5.56 Å². The van der Waals surface area contributed by atoms with E-state index in [1.807, 2.05) is 12.1 Å². The Morgan fingerprint density at radius 1 is 1.15 bits per heavy atom. The van der Waals surface area contributed by atoms with Crippen LogP contribution >= 0.6 is 0 Å². The molecule has 0 aliphatic rings. The van der Waals surface area contributed by atoms with Crippen LogP contribution in [-0.4, -0.2) is 56.6 Å². The number of anilines is 1. The fraction of sp³-hybridized carbons (Fsp3) is 0.381. The summed E-state index contributed by atoms with van der Waals surface area (Å²) in [5.74, 6) is 0.644. The zero-order valence-corrected chi connectivity index (χ0v) is 16.1. The molecular weight excluding hydrogens is 342 g/mol. The zero-order chi connectivity index (χ0) is 19.5. The summed E-state index contributed by atoms with van der Waals surface area (Å²) in [5.41, 5.74) is 2.77. The average Bonchev–Trinajstić information content (AvgIpc) is 2.68. The lowest BCUT2D eigenvalue weighted by atomic mass is 10.1. The third-order valence-corrected chi connectivity index (χ3v) is 4.30. The van der Waals surface area contributed by atoms with Crippen molar-refractivity contribution in [1.82, 2.24) is 10.2 Å². The van der Waals surface area contributed by atoms with Crippen molar-refractivity contribution in [2.24, 2.45) is 0 Å². The number of phenolic OH excluding ortho intramolecular Hbond substituents is 1. The van der Waals surface area contributed by atoms with E-state index in [2.05, 4.69) is 46.8 Å². The number of benzene rings is 2. The summed E-state index contributed by atoms with van der Waals surface area (Å²) in [6.07, 6.45) is 1.44. The van der Waals surface area contributed by atoms with Gasteiger partial charge in [0, 0.05) is 26.7 Å². The van der Waals surface area contributed by atoms with Crippen LogP contribution in [0.1, 0.15) is 11.1 Å². The van der Waals surface area contributed by atoms with Crippen molar-refractivity contribution in [3.8, 4) is 11.5 Å². The molecule has 0 aromatic heterocycles. The lowest BCUT2D eigenvalue weighted by Crippen LogP contribution is -2.30. The van der Waals surface area contributed by atoms with Crippen molar-refractivity contribution in [3.63, 3.8) is 0 Å². The predicted octanol–water partition coefficient (Wildman–Crippen LogP) is 2.28. The molecule has 2 rings (SSSR count). The van der Waals surface area contributed by atoms with Crippen molar-refractivity contribution in [2.75, 3.05) is 45.7 Å². The molecule has 0 amide bonds. The van der Waals surface area contributed by atoms with E-state index in [9.17, 15) is 9.90 Å². The number of phenols is 1. The van der Waals surface area contributed by atoms with Gasteiger partial charge in [-0.25, -0.2) is 0 Å². The third-order valence-electron chi connectivity index (χ3n) is 4.30. The topological polar surface area (TPSA) is 73.8 Å². The standard InChI is InChI=1S/C21H29N3O3/c1-22-20-19(26)9-8-18(21(20)27-15-14-25)10-11-23-12-13-24(2)16-17-6-4-3-5-7-17/h3-9,14,22-23,26H,10-13,15-16H2,1-2H3. The number of aldehydes is 1. The lowest BCUT2D eigenvalue weighted by Gasteiger charge is -2.18. The van der Waals surface area contributed by atoms with E-state index in [-0.39, 0.29) is 12.4 Å². The number of carbonyl (C=O) groups excluding carboxylic acids is 1. The van der Waals surface area contributed by atoms with Gasteiger partial charge >= 0.3 is 0 Å². The van der Waals surface area contributed by atoms with Crippen molar-refractivity contribution >= 4 is 12.0 Å². The lowest BCUT2D eigenvalue weighted by molar-refractivity contribution is -0.109. The number of carbonyl (C=O) groups is 1. The molecule has 0 fully saturated rings. The monoisotopic (exact) mass is 371 g/mol. The van der Waals surface area contributed by atoms with Crippen LogP contribution in [0.4, 0.5) is 5.69 Å². The molecular formula is C21H29N3O3. The maximum Gasteiger partial charge on any atom is 0.157 e. The minimum absolute atomic E-state index is 0.0388. The van der Waals surface area contributed by atoms with Gasteiger partial charge in [0.1, 0.15) is 23.8 Å². The van der Waals surface area contributed by atoms with E-state index in [0.717, 1.165) is 38.2 Å². The summed E-state index contributed by atoms with van der Waals surface area (Å²) < 4.78 is 5.52. The summed E-state index contributed by atoms with van der Waals surface area (Å²) >= 11 is 0. The second-order valence-corrected chi connectivity index (χ2v) is 6.40. The molecule has 6 heteroatoms. The molecule has 0 atom stereocenters. The number of rotatable bonds is 12. The second kappa shape index (κ2) is 11.2. The molecule has 27 heavy (non-hydrogen) atoms. The molecule has 0 bridgehead atoms. The number of hydrogen-bond acceptors (Lipinski definition) is 6. The van der Waals surface area contributed by atoms with Crippen molar-refractivity contribution < 1.29 is 14.6 Å². The number of nitrogens with zero attached hydrogens (tertiary/aromatic N) is 1. The normalized spacial score (nSPS) is 10.8. The van der Waals surface area contributed by atoms with Crippen LogP contribution in [0.3, 0.4) is 0 Å². The van der Waals surface area contributed by atoms with Gasteiger partial charge in [0.15, 0.2) is 6.29 Å². The molecule has 0 aliphatic carbocycles. The highest BCUT2D eigenvalue weighted by Gasteiger charge is 2.13. The van der Waals surface area contributed by atoms with Crippen LogP contribution in [0.2, 0.25) is 0 Å². The summed E-state index contributed by atoms with van der Waals surface area (Å²) in [4.78, 5) is 12.9. The van der Waals surface area contributed by atoms with Gasteiger partial charge in [-0.1, -0.05) is 36.4 Å². The van der Waals surface area contributed by atoms with Crippen LogP contribution in [0.25, 0.3) is 0 Å². The molecule has 146 valence electrons. The number of ether oxygens (including phenoxy) is 1. The van der Waals surface area contributed by atoms with Gasteiger partial charge in [0.25, 0.3) is 0 Å². The maximum absolute atomic E-state index is 10.6. The zero-order valence-electron chi connectivity index (χ0n) is 16.1. The fourth-order valence-electron chi connectivity index (χ4n) is 2.93. The Bertz CT molecular complexity index is 707. The first kappa shape index (κ1) is 20.7. The van der Waals surface area contributed by atoms with E-state index in [4.69, 9.17) is 4.74 Å². The van der Waals surface area contributed by atoms with E-state index >= 15 is 0 Å². The Kier molecular flexibility index (Phi) is 8.61. The minimum atomic E-state index is -0.0388. The first-order valence-corrected chi connectivity index (χ1v) is 9.18. The van der Waals surface area contributed by atoms with Gasteiger partial charge in [-0.05, 0) is 37.2 Å². The first-order chi connectivity index (χ1) is 13.2. The Morgan fingerprint density at radius 3 is 2.63 bits per heavy atom. The maximum atomic E-state index is 10.6. The van der Waals surface area contributed by atoms with Gasteiger partial charge in [-0.15, -0.1) is 0 Å². The molecule has 0 heterocycles. The van der Waals surface area contributed by atoms with Crippen LogP contribution in [0.15, 0.2) is 42.5 Å². The van der Waals surface area contributed by atoms with Crippen molar-refractivity contribution in [3.05, 3.63) is 53.6 Å². The van der Waals surface area contributed by atoms with Gasteiger partial charge in [0.05, 0.1) is 0 Å². The Morgan fingerprint density at radius 2 is 1.93 bits per heavy atom. The van der Waals surface area contributed by atoms with E-state index in [1.54, 1.807) is 13.1 Å². The Labute approximate surface area is 161 Å². The SMILES string of the molecule is CNc1c(O)ccc(CCNCCN(C)Cc2ccccc2)c1OCC=O. The molecule has 0 radical (unpaired) electrons. The van der Waals surface area contributed by atoms with Crippen LogP contribution < -0.4 is 15.4 Å². The molecule has 0 spiro atoms. The summed E-state index contributed by atoms with van der Waals surface area (Å²) in [6.45, 7) is 3.49. The summed E-state index contributed by atoms with van der Waals surface area (Å²) in [7, 11) is 3.83. The minimum Gasteiger partial charge on any atom is -0.506 e. The van der Waals surface area contributed by atoms with Gasteiger partial charge in [-0.3, -0.25) is 4.79 Å². The smallest absolute Gasteiger partial charge is 0.157 e. The molecule has 0 saturated carbocycles. The Hall–Kier alpha value is -2.57.